The van der Waals surface area contributed by atoms with E-state index in [2.05, 4.69) is 15.0 Å². The fraction of sp³-hybridized carbons (Fsp3) is 0. The minimum atomic E-state index is 0.320. The second-order valence-corrected chi connectivity index (χ2v) is 3.72. The molecule has 0 aliphatic carbocycles. The normalized spacial score (nSPS) is 10.4. The number of aromatic nitrogens is 3. The molecular weight excluding hydrogens is 228 g/mol. The summed E-state index contributed by atoms with van der Waals surface area (Å²) in [6.45, 7) is 0. The molecule has 2 aromatic heterocycles. The summed E-state index contributed by atoms with van der Waals surface area (Å²) in [7, 11) is 0. The van der Waals surface area contributed by atoms with Crippen molar-refractivity contribution in [3.8, 4) is 11.6 Å². The van der Waals surface area contributed by atoms with Crippen molar-refractivity contribution in [3.63, 3.8) is 0 Å². The van der Waals surface area contributed by atoms with Crippen LogP contribution in [-0.2, 0) is 0 Å². The predicted molar refractivity (Wildman–Crippen MR) is 68.3 cm³/mol. The molecule has 0 radical (unpaired) electrons. The van der Waals surface area contributed by atoms with Crippen LogP contribution in [0, 0.1) is 0 Å². The lowest BCUT2D eigenvalue weighted by atomic mass is 10.2. The highest BCUT2D eigenvalue weighted by Crippen LogP contribution is 2.26. The largest absolute Gasteiger partial charge is 0.435 e. The summed E-state index contributed by atoms with van der Waals surface area (Å²) in [5.74, 6) is 1.31. The minimum Gasteiger partial charge on any atom is -0.435 e. The van der Waals surface area contributed by atoms with Gasteiger partial charge in [-0.2, -0.15) is 4.98 Å². The van der Waals surface area contributed by atoms with E-state index < -0.39 is 0 Å². The van der Waals surface area contributed by atoms with E-state index in [4.69, 9.17) is 10.5 Å². The molecule has 0 aliphatic rings. The molecule has 0 aliphatic heterocycles. The molecule has 0 spiro atoms. The third-order valence-corrected chi connectivity index (χ3v) is 2.44. The minimum absolute atomic E-state index is 0.320. The van der Waals surface area contributed by atoms with Gasteiger partial charge in [0.1, 0.15) is 11.3 Å². The number of fused-ring (bicyclic) bond motifs is 1. The van der Waals surface area contributed by atoms with Gasteiger partial charge < -0.3 is 10.5 Å². The Morgan fingerprint density at radius 3 is 2.83 bits per heavy atom. The molecule has 88 valence electrons. The standard InChI is InChI=1S/C13H10N4O/c14-11-7-15-8-12(17-11)18-10-5-1-3-9-4-2-6-16-13(9)10/h1-8H,(H2,14,17). The zero-order valence-corrected chi connectivity index (χ0v) is 9.45. The number of hydrogen-bond donors (Lipinski definition) is 1. The molecule has 5 nitrogen and oxygen atoms in total. The number of rotatable bonds is 2. The molecule has 0 saturated carbocycles. The van der Waals surface area contributed by atoms with Crippen molar-refractivity contribution in [1.82, 2.24) is 15.0 Å². The van der Waals surface area contributed by atoms with Crippen LogP contribution < -0.4 is 10.5 Å². The summed E-state index contributed by atoms with van der Waals surface area (Å²) in [4.78, 5) is 12.3. The molecule has 3 aromatic rings. The van der Waals surface area contributed by atoms with Gasteiger partial charge >= 0.3 is 0 Å². The van der Waals surface area contributed by atoms with Crippen LogP contribution in [0.15, 0.2) is 48.9 Å². The third-order valence-electron chi connectivity index (χ3n) is 2.44. The van der Waals surface area contributed by atoms with Crippen molar-refractivity contribution in [3.05, 3.63) is 48.9 Å². The first kappa shape index (κ1) is 10.5. The van der Waals surface area contributed by atoms with Gasteiger partial charge in [-0.15, -0.1) is 0 Å². The summed E-state index contributed by atoms with van der Waals surface area (Å²) in [5.41, 5.74) is 6.34. The number of hydrogen-bond acceptors (Lipinski definition) is 5. The van der Waals surface area contributed by atoms with E-state index in [1.165, 1.54) is 12.4 Å². The SMILES string of the molecule is Nc1cncc(Oc2cccc3cccnc23)n1. The van der Waals surface area contributed by atoms with Gasteiger partial charge in [-0.1, -0.05) is 18.2 Å². The van der Waals surface area contributed by atoms with Crippen LogP contribution in [0.2, 0.25) is 0 Å². The molecule has 0 bridgehead atoms. The van der Waals surface area contributed by atoms with Crippen molar-refractivity contribution in [1.29, 1.82) is 0 Å². The summed E-state index contributed by atoms with van der Waals surface area (Å²) in [6.07, 6.45) is 4.70. The van der Waals surface area contributed by atoms with Crippen molar-refractivity contribution in [2.75, 3.05) is 5.73 Å². The first-order valence-electron chi connectivity index (χ1n) is 5.42. The quantitative estimate of drug-likeness (QED) is 0.742. The van der Waals surface area contributed by atoms with Gasteiger partial charge in [-0.3, -0.25) is 9.97 Å². The molecule has 0 fully saturated rings. The van der Waals surface area contributed by atoms with E-state index in [1.807, 2.05) is 30.3 Å². The number of nitrogens with zero attached hydrogens (tertiary/aromatic N) is 3. The van der Waals surface area contributed by atoms with Crippen LogP contribution >= 0.6 is 0 Å². The van der Waals surface area contributed by atoms with Crippen LogP contribution in [0.4, 0.5) is 5.82 Å². The highest BCUT2D eigenvalue weighted by molar-refractivity contribution is 5.84. The molecular formula is C13H10N4O. The Hall–Kier alpha value is -2.69. The smallest absolute Gasteiger partial charge is 0.239 e. The molecule has 0 atom stereocenters. The van der Waals surface area contributed by atoms with E-state index in [0.717, 1.165) is 10.9 Å². The van der Waals surface area contributed by atoms with Crippen LogP contribution in [0.3, 0.4) is 0 Å². The van der Waals surface area contributed by atoms with Gasteiger partial charge in [0.15, 0.2) is 5.75 Å². The topological polar surface area (TPSA) is 73.9 Å². The Balaban J connectivity index is 2.05. The highest BCUT2D eigenvalue weighted by atomic mass is 16.5. The van der Waals surface area contributed by atoms with Gasteiger partial charge in [0, 0.05) is 11.6 Å². The first-order valence-corrected chi connectivity index (χ1v) is 5.42. The molecule has 0 amide bonds. The number of anilines is 1. The average molecular weight is 238 g/mol. The van der Waals surface area contributed by atoms with Crippen molar-refractivity contribution in [2.24, 2.45) is 0 Å². The molecule has 5 heteroatoms. The van der Waals surface area contributed by atoms with Crippen LogP contribution in [0.1, 0.15) is 0 Å². The molecule has 1 aromatic carbocycles. The second-order valence-electron chi connectivity index (χ2n) is 3.72. The number of benzene rings is 1. The summed E-state index contributed by atoms with van der Waals surface area (Å²) < 4.78 is 5.66. The Morgan fingerprint density at radius 2 is 1.94 bits per heavy atom. The lowest BCUT2D eigenvalue weighted by Gasteiger charge is -2.06. The Kier molecular flexibility index (Phi) is 2.49. The number of para-hydroxylation sites is 1. The van der Waals surface area contributed by atoms with Gasteiger partial charge in [0.2, 0.25) is 5.88 Å². The average Bonchev–Trinajstić information content (AvgIpc) is 2.39. The fourth-order valence-electron chi connectivity index (χ4n) is 1.68. The van der Waals surface area contributed by atoms with E-state index in [0.29, 0.717) is 17.4 Å². The molecule has 0 saturated heterocycles. The molecule has 3 rings (SSSR count). The van der Waals surface area contributed by atoms with Gasteiger partial charge in [0.05, 0.1) is 12.4 Å². The first-order chi connectivity index (χ1) is 8.83. The van der Waals surface area contributed by atoms with Gasteiger partial charge in [-0.25, -0.2) is 0 Å². The monoisotopic (exact) mass is 238 g/mol. The van der Waals surface area contributed by atoms with E-state index in [1.54, 1.807) is 6.20 Å². The molecule has 18 heavy (non-hydrogen) atoms. The van der Waals surface area contributed by atoms with E-state index in [9.17, 15) is 0 Å². The lowest BCUT2D eigenvalue weighted by molar-refractivity contribution is 0.465. The number of pyridine rings is 1. The second kappa shape index (κ2) is 4.29. The van der Waals surface area contributed by atoms with E-state index >= 15 is 0 Å². The maximum atomic E-state index is 5.66. The van der Waals surface area contributed by atoms with Crippen molar-refractivity contribution >= 4 is 16.7 Å². The van der Waals surface area contributed by atoms with Gasteiger partial charge in [-0.05, 0) is 12.1 Å². The van der Waals surface area contributed by atoms with Crippen molar-refractivity contribution < 1.29 is 4.74 Å². The predicted octanol–water partition coefficient (Wildman–Crippen LogP) is 2.40. The number of ether oxygens (including phenoxy) is 1. The maximum Gasteiger partial charge on any atom is 0.239 e. The fourth-order valence-corrected chi connectivity index (χ4v) is 1.68. The van der Waals surface area contributed by atoms with Crippen LogP contribution in [0.25, 0.3) is 10.9 Å². The molecule has 2 N–H and O–H groups in total. The van der Waals surface area contributed by atoms with Crippen LogP contribution in [-0.4, -0.2) is 15.0 Å². The van der Waals surface area contributed by atoms with E-state index in [-0.39, 0.29) is 0 Å². The lowest BCUT2D eigenvalue weighted by Crippen LogP contribution is -1.95. The van der Waals surface area contributed by atoms with Crippen molar-refractivity contribution in [2.45, 2.75) is 0 Å². The molecule has 0 unspecified atom stereocenters. The number of nitrogens with two attached hydrogens (primary N) is 1. The van der Waals surface area contributed by atoms with Gasteiger partial charge in [0.25, 0.3) is 0 Å². The Morgan fingerprint density at radius 1 is 1.06 bits per heavy atom. The summed E-state index contributed by atoms with van der Waals surface area (Å²) in [6, 6.07) is 9.56. The zero-order valence-electron chi connectivity index (χ0n) is 9.45. The molecule has 2 heterocycles. The Bertz CT molecular complexity index is 694. The Labute approximate surface area is 103 Å². The number of nitrogen functional groups attached to an aromatic ring is 1. The third kappa shape index (κ3) is 1.93. The highest BCUT2D eigenvalue weighted by Gasteiger charge is 2.05. The maximum absolute atomic E-state index is 5.66. The van der Waals surface area contributed by atoms with Crippen LogP contribution in [0.5, 0.6) is 11.6 Å². The summed E-state index contributed by atoms with van der Waals surface area (Å²) in [5, 5.41) is 1.01. The zero-order chi connectivity index (χ0) is 12.4. The summed E-state index contributed by atoms with van der Waals surface area (Å²) >= 11 is 0.